The van der Waals surface area contributed by atoms with E-state index >= 15 is 0 Å². The lowest BCUT2D eigenvalue weighted by molar-refractivity contribution is 0.217. The van der Waals surface area contributed by atoms with E-state index in [4.69, 9.17) is 4.18 Å². The molecule has 0 unspecified atom stereocenters. The fraction of sp³-hybridized carbons (Fsp3) is 0.500. The highest BCUT2D eigenvalue weighted by atomic mass is 32.2. The number of aryl methyl sites for hydroxylation is 1. The Hall–Kier alpha value is -0.870. The summed E-state index contributed by atoms with van der Waals surface area (Å²) in [6.07, 6.45) is 3.71. The molecule has 0 radical (unpaired) electrons. The smallest absolute Gasteiger partial charge is 0.263 e. The fourth-order valence-electron chi connectivity index (χ4n) is 2.05. The lowest BCUT2D eigenvalue weighted by Gasteiger charge is -2.12. The van der Waals surface area contributed by atoms with Gasteiger partial charge in [-0.05, 0) is 31.4 Å². The molecule has 1 aromatic carbocycles. The van der Waals surface area contributed by atoms with Crippen molar-refractivity contribution in [1.82, 2.24) is 0 Å². The molecule has 0 atom stereocenters. The van der Waals surface area contributed by atoms with Crippen molar-refractivity contribution in [1.29, 1.82) is 0 Å². The minimum Gasteiger partial charge on any atom is -0.263 e. The zero-order valence-electron chi connectivity index (χ0n) is 9.35. The molecule has 0 aliphatic heterocycles. The molecule has 0 bridgehead atoms. The molecule has 1 aliphatic carbocycles. The summed E-state index contributed by atoms with van der Waals surface area (Å²) in [5.74, 6) is 0. The summed E-state index contributed by atoms with van der Waals surface area (Å²) in [6.45, 7) is 1.78. The van der Waals surface area contributed by atoms with E-state index in [1.807, 2.05) is 6.07 Å². The molecule has 4 heteroatoms. The van der Waals surface area contributed by atoms with E-state index in [2.05, 4.69) is 0 Å². The Morgan fingerprint density at radius 2 is 1.81 bits per heavy atom. The Bertz CT molecular complexity index is 459. The van der Waals surface area contributed by atoms with Crippen molar-refractivity contribution in [3.05, 3.63) is 29.8 Å². The topological polar surface area (TPSA) is 43.4 Å². The minimum absolute atomic E-state index is 0.121. The van der Waals surface area contributed by atoms with E-state index in [-0.39, 0.29) is 6.10 Å². The van der Waals surface area contributed by atoms with E-state index in [0.717, 1.165) is 31.2 Å². The van der Waals surface area contributed by atoms with Crippen molar-refractivity contribution in [2.45, 2.75) is 43.6 Å². The van der Waals surface area contributed by atoms with Crippen molar-refractivity contribution in [3.63, 3.8) is 0 Å². The lowest BCUT2D eigenvalue weighted by atomic mass is 10.2. The van der Waals surface area contributed by atoms with Gasteiger partial charge in [0.1, 0.15) is 0 Å². The predicted octanol–water partition coefficient (Wildman–Crippen LogP) is 2.64. The van der Waals surface area contributed by atoms with Crippen LogP contribution in [0.4, 0.5) is 0 Å². The SMILES string of the molecule is Cc1ccccc1S(=O)(=O)OC1CCCC1. The van der Waals surface area contributed by atoms with Crippen LogP contribution < -0.4 is 0 Å². The van der Waals surface area contributed by atoms with Crippen molar-refractivity contribution in [2.75, 3.05) is 0 Å². The predicted molar refractivity (Wildman–Crippen MR) is 61.7 cm³/mol. The number of hydrogen-bond acceptors (Lipinski definition) is 3. The summed E-state index contributed by atoms with van der Waals surface area (Å²) in [7, 11) is -3.57. The summed E-state index contributed by atoms with van der Waals surface area (Å²) < 4.78 is 29.2. The Labute approximate surface area is 96.6 Å². The van der Waals surface area contributed by atoms with E-state index in [1.54, 1.807) is 25.1 Å². The standard InChI is InChI=1S/C12H16O3S/c1-10-6-2-5-9-12(10)16(13,14)15-11-7-3-4-8-11/h2,5-6,9,11H,3-4,7-8H2,1H3. The van der Waals surface area contributed by atoms with Gasteiger partial charge in [0, 0.05) is 0 Å². The molecule has 0 amide bonds. The van der Waals surface area contributed by atoms with E-state index in [1.165, 1.54) is 0 Å². The molecule has 88 valence electrons. The Morgan fingerprint density at radius 1 is 1.19 bits per heavy atom. The molecule has 0 N–H and O–H groups in total. The quantitative estimate of drug-likeness (QED) is 0.763. The first kappa shape index (κ1) is 11.6. The first-order chi connectivity index (χ1) is 7.59. The normalized spacial score (nSPS) is 17.8. The molecule has 0 saturated heterocycles. The van der Waals surface area contributed by atoms with Crippen molar-refractivity contribution in [2.24, 2.45) is 0 Å². The average Bonchev–Trinajstić information content (AvgIpc) is 2.70. The lowest BCUT2D eigenvalue weighted by Crippen LogP contribution is -2.16. The number of benzene rings is 1. The Kier molecular flexibility index (Phi) is 3.30. The summed E-state index contributed by atoms with van der Waals surface area (Å²) in [5, 5.41) is 0. The molecule has 0 heterocycles. The van der Waals surface area contributed by atoms with Crippen LogP contribution in [0.5, 0.6) is 0 Å². The third-order valence-electron chi connectivity index (χ3n) is 2.93. The maximum Gasteiger partial charge on any atom is 0.297 e. The van der Waals surface area contributed by atoms with Crippen molar-refractivity contribution < 1.29 is 12.6 Å². The van der Waals surface area contributed by atoms with Gasteiger partial charge in [0.05, 0.1) is 11.0 Å². The first-order valence-electron chi connectivity index (χ1n) is 5.58. The molecule has 1 aliphatic rings. The van der Waals surface area contributed by atoms with Gasteiger partial charge in [-0.1, -0.05) is 31.0 Å². The second-order valence-corrected chi connectivity index (χ2v) is 5.76. The largest absolute Gasteiger partial charge is 0.297 e. The second kappa shape index (κ2) is 4.55. The third kappa shape index (κ3) is 2.44. The summed E-state index contributed by atoms with van der Waals surface area (Å²) in [4.78, 5) is 0.293. The average molecular weight is 240 g/mol. The van der Waals surface area contributed by atoms with Gasteiger partial charge in [-0.3, -0.25) is 4.18 Å². The second-order valence-electron chi connectivity index (χ2n) is 4.22. The van der Waals surface area contributed by atoms with Crippen LogP contribution >= 0.6 is 0 Å². The van der Waals surface area contributed by atoms with Crippen LogP contribution in [0.15, 0.2) is 29.2 Å². The first-order valence-corrected chi connectivity index (χ1v) is 6.99. The third-order valence-corrected chi connectivity index (χ3v) is 4.45. The molecule has 2 rings (SSSR count). The fourth-order valence-corrected chi connectivity index (χ4v) is 3.41. The molecule has 0 spiro atoms. The van der Waals surface area contributed by atoms with Crippen LogP contribution in [0.3, 0.4) is 0 Å². The highest BCUT2D eigenvalue weighted by Crippen LogP contribution is 2.26. The number of hydrogen-bond donors (Lipinski definition) is 0. The molecule has 1 aromatic rings. The summed E-state index contributed by atoms with van der Waals surface area (Å²) in [5.41, 5.74) is 0.737. The van der Waals surface area contributed by atoms with Gasteiger partial charge in [0.15, 0.2) is 0 Å². The molecular formula is C12H16O3S. The van der Waals surface area contributed by atoms with E-state index in [9.17, 15) is 8.42 Å². The zero-order chi connectivity index (χ0) is 11.6. The highest BCUT2D eigenvalue weighted by molar-refractivity contribution is 7.86. The van der Waals surface area contributed by atoms with Gasteiger partial charge >= 0.3 is 0 Å². The molecule has 0 aromatic heterocycles. The van der Waals surface area contributed by atoms with Gasteiger partial charge in [-0.15, -0.1) is 0 Å². The summed E-state index contributed by atoms with van der Waals surface area (Å²) in [6, 6.07) is 6.92. The van der Waals surface area contributed by atoms with Gasteiger partial charge in [0.25, 0.3) is 10.1 Å². The Balaban J connectivity index is 2.21. The van der Waals surface area contributed by atoms with Crippen molar-refractivity contribution >= 4 is 10.1 Å². The summed E-state index contributed by atoms with van der Waals surface area (Å²) >= 11 is 0. The van der Waals surface area contributed by atoms with Gasteiger partial charge in [-0.25, -0.2) is 0 Å². The minimum atomic E-state index is -3.57. The molecule has 16 heavy (non-hydrogen) atoms. The van der Waals surface area contributed by atoms with Crippen LogP contribution in [0.25, 0.3) is 0 Å². The maximum atomic E-state index is 12.0. The monoisotopic (exact) mass is 240 g/mol. The zero-order valence-corrected chi connectivity index (χ0v) is 10.2. The highest BCUT2D eigenvalue weighted by Gasteiger charge is 2.25. The van der Waals surface area contributed by atoms with Crippen LogP contribution in [0.1, 0.15) is 31.2 Å². The number of rotatable bonds is 3. The molecular weight excluding hydrogens is 224 g/mol. The molecule has 1 fully saturated rings. The molecule has 1 saturated carbocycles. The molecule has 3 nitrogen and oxygen atoms in total. The van der Waals surface area contributed by atoms with Crippen LogP contribution in [0, 0.1) is 6.92 Å². The van der Waals surface area contributed by atoms with Gasteiger partial charge in [-0.2, -0.15) is 8.42 Å². The maximum absolute atomic E-state index is 12.0. The van der Waals surface area contributed by atoms with Gasteiger partial charge in [0.2, 0.25) is 0 Å². The van der Waals surface area contributed by atoms with Crippen LogP contribution in [-0.4, -0.2) is 14.5 Å². The van der Waals surface area contributed by atoms with Gasteiger partial charge < -0.3 is 0 Å². The van der Waals surface area contributed by atoms with Crippen LogP contribution in [0.2, 0.25) is 0 Å². The van der Waals surface area contributed by atoms with E-state index < -0.39 is 10.1 Å². The Morgan fingerprint density at radius 3 is 2.44 bits per heavy atom. The van der Waals surface area contributed by atoms with Crippen molar-refractivity contribution in [3.8, 4) is 0 Å². The van der Waals surface area contributed by atoms with Crippen LogP contribution in [-0.2, 0) is 14.3 Å². The van der Waals surface area contributed by atoms with E-state index in [0.29, 0.717) is 4.90 Å².